The van der Waals surface area contributed by atoms with E-state index in [0.717, 1.165) is 11.3 Å². The van der Waals surface area contributed by atoms with Crippen molar-refractivity contribution in [2.75, 3.05) is 21.2 Å². The fourth-order valence-corrected chi connectivity index (χ4v) is 2.11. The van der Waals surface area contributed by atoms with Gasteiger partial charge in [-0.15, -0.1) is 0 Å². The lowest BCUT2D eigenvalue weighted by atomic mass is 10.2. The van der Waals surface area contributed by atoms with Crippen LogP contribution in [-0.4, -0.2) is 43.0 Å². The summed E-state index contributed by atoms with van der Waals surface area (Å²) < 4.78 is 5.17. The Bertz CT molecular complexity index is 747. The molecule has 1 aromatic carbocycles. The van der Waals surface area contributed by atoms with E-state index in [2.05, 4.69) is 15.6 Å². The second kappa shape index (κ2) is 8.68. The number of urea groups is 1. The maximum Gasteiger partial charge on any atom is 0.317 e. The minimum Gasteiger partial charge on any atom is -0.497 e. The molecule has 1 aromatic heterocycles. The predicted octanol–water partition coefficient (Wildman–Crippen LogP) is 1.79. The van der Waals surface area contributed by atoms with Gasteiger partial charge in [-0.05, 0) is 29.8 Å². The quantitative estimate of drug-likeness (QED) is 0.838. The van der Waals surface area contributed by atoms with Crippen molar-refractivity contribution in [1.29, 1.82) is 0 Å². The van der Waals surface area contributed by atoms with Gasteiger partial charge in [-0.2, -0.15) is 0 Å². The molecule has 25 heavy (non-hydrogen) atoms. The summed E-state index contributed by atoms with van der Waals surface area (Å²) in [6.45, 7) is 0.652. The minimum absolute atomic E-state index is 0.203. The first-order chi connectivity index (χ1) is 12.0. The van der Waals surface area contributed by atoms with E-state index < -0.39 is 0 Å². The Kier molecular flexibility index (Phi) is 6.33. The first kappa shape index (κ1) is 18.3. The number of rotatable bonds is 6. The van der Waals surface area contributed by atoms with Gasteiger partial charge < -0.3 is 20.3 Å². The van der Waals surface area contributed by atoms with Crippen LogP contribution in [0.4, 0.5) is 4.79 Å². The molecule has 0 aliphatic rings. The number of nitrogens with one attached hydrogen (secondary N) is 2. The molecule has 0 saturated heterocycles. The number of amides is 3. The molecule has 7 heteroatoms. The van der Waals surface area contributed by atoms with Crippen LogP contribution >= 0.6 is 0 Å². The number of nitrogens with zero attached hydrogens (tertiary/aromatic N) is 2. The van der Waals surface area contributed by atoms with Gasteiger partial charge in [0.1, 0.15) is 5.75 Å². The average Bonchev–Trinajstić information content (AvgIpc) is 2.64. The van der Waals surface area contributed by atoms with Gasteiger partial charge in [0.15, 0.2) is 0 Å². The lowest BCUT2D eigenvalue weighted by molar-refractivity contribution is 0.0950. The summed E-state index contributed by atoms with van der Waals surface area (Å²) in [4.78, 5) is 29.4. The Labute approximate surface area is 147 Å². The molecular weight excluding hydrogens is 320 g/mol. The first-order valence-electron chi connectivity index (χ1n) is 7.81. The van der Waals surface area contributed by atoms with Crippen LogP contribution in [0, 0.1) is 0 Å². The summed E-state index contributed by atoms with van der Waals surface area (Å²) >= 11 is 0. The third kappa shape index (κ3) is 5.49. The zero-order chi connectivity index (χ0) is 18.2. The van der Waals surface area contributed by atoms with Gasteiger partial charge in [0.25, 0.3) is 5.91 Å². The molecule has 0 saturated carbocycles. The van der Waals surface area contributed by atoms with Crippen molar-refractivity contribution >= 4 is 11.9 Å². The second-order valence-corrected chi connectivity index (χ2v) is 5.62. The minimum atomic E-state index is -0.213. The Morgan fingerprint density at radius 3 is 2.64 bits per heavy atom. The maximum atomic E-state index is 12.3. The molecule has 0 fully saturated rings. The molecule has 0 atom stereocenters. The molecule has 2 N–H and O–H groups in total. The number of aromatic nitrogens is 1. The highest BCUT2D eigenvalue weighted by atomic mass is 16.5. The largest absolute Gasteiger partial charge is 0.497 e. The van der Waals surface area contributed by atoms with Crippen LogP contribution in [0.5, 0.6) is 5.75 Å². The average molecular weight is 342 g/mol. The van der Waals surface area contributed by atoms with Gasteiger partial charge in [0.05, 0.1) is 19.3 Å². The molecule has 3 amide bonds. The number of benzene rings is 1. The highest BCUT2D eigenvalue weighted by Gasteiger charge is 2.08. The molecule has 0 unspecified atom stereocenters. The van der Waals surface area contributed by atoms with E-state index in [4.69, 9.17) is 4.74 Å². The Morgan fingerprint density at radius 2 is 1.92 bits per heavy atom. The zero-order valence-corrected chi connectivity index (χ0v) is 14.6. The standard InChI is InChI=1S/C18H22N4O3/c1-22(2)18(24)21-12-15-10-14(7-8-19-15)17(23)20-11-13-5-4-6-16(9-13)25-3/h4-10H,11-12H2,1-3H3,(H,20,23)(H,21,24). The van der Waals surface area contributed by atoms with E-state index in [9.17, 15) is 9.59 Å². The molecule has 0 spiro atoms. The van der Waals surface area contributed by atoms with Crippen molar-refractivity contribution in [3.05, 3.63) is 59.4 Å². The maximum absolute atomic E-state index is 12.3. The Balaban J connectivity index is 1.95. The smallest absolute Gasteiger partial charge is 0.317 e. The SMILES string of the molecule is COc1cccc(CNC(=O)c2ccnc(CNC(=O)N(C)C)c2)c1. The summed E-state index contributed by atoms with van der Waals surface area (Å²) in [5.74, 6) is 0.542. The molecule has 2 aromatic rings. The number of pyridine rings is 1. The predicted molar refractivity (Wildman–Crippen MR) is 94.3 cm³/mol. The van der Waals surface area contributed by atoms with E-state index in [1.807, 2.05) is 24.3 Å². The Hall–Kier alpha value is -3.09. The second-order valence-electron chi connectivity index (χ2n) is 5.62. The number of hydrogen-bond acceptors (Lipinski definition) is 4. The molecule has 1 heterocycles. The fraction of sp³-hybridized carbons (Fsp3) is 0.278. The molecule has 0 bridgehead atoms. The van der Waals surface area contributed by atoms with Crippen molar-refractivity contribution in [3.63, 3.8) is 0 Å². The van der Waals surface area contributed by atoms with Crippen LogP contribution in [0.15, 0.2) is 42.6 Å². The number of methoxy groups -OCH3 is 1. The van der Waals surface area contributed by atoms with E-state index in [1.54, 1.807) is 39.5 Å². The molecule has 132 valence electrons. The monoisotopic (exact) mass is 342 g/mol. The summed E-state index contributed by atoms with van der Waals surface area (Å²) in [7, 11) is 4.92. The molecule has 7 nitrogen and oxygen atoms in total. The van der Waals surface area contributed by atoms with E-state index in [1.165, 1.54) is 4.90 Å². The van der Waals surface area contributed by atoms with Crippen molar-refractivity contribution in [1.82, 2.24) is 20.5 Å². The van der Waals surface area contributed by atoms with Crippen molar-refractivity contribution in [2.24, 2.45) is 0 Å². The number of ether oxygens (including phenoxy) is 1. The molecule has 0 aliphatic heterocycles. The van der Waals surface area contributed by atoms with Crippen molar-refractivity contribution in [2.45, 2.75) is 13.1 Å². The molecular formula is C18H22N4O3. The van der Waals surface area contributed by atoms with Crippen LogP contribution < -0.4 is 15.4 Å². The normalized spacial score (nSPS) is 10.0. The number of carbonyl (C=O) groups excluding carboxylic acids is 2. The van der Waals surface area contributed by atoms with Gasteiger partial charge in [0.2, 0.25) is 0 Å². The lowest BCUT2D eigenvalue weighted by Crippen LogP contribution is -2.34. The zero-order valence-electron chi connectivity index (χ0n) is 14.6. The fourth-order valence-electron chi connectivity index (χ4n) is 2.11. The van der Waals surface area contributed by atoms with Crippen molar-refractivity contribution < 1.29 is 14.3 Å². The summed E-state index contributed by atoms with van der Waals surface area (Å²) in [6.07, 6.45) is 1.55. The van der Waals surface area contributed by atoms with Gasteiger partial charge in [0, 0.05) is 32.4 Å². The van der Waals surface area contributed by atoms with Gasteiger partial charge >= 0.3 is 6.03 Å². The summed E-state index contributed by atoms with van der Waals surface area (Å²) in [5.41, 5.74) is 2.05. The highest BCUT2D eigenvalue weighted by molar-refractivity contribution is 5.94. The third-order valence-electron chi connectivity index (χ3n) is 3.49. The van der Waals surface area contributed by atoms with Crippen LogP contribution in [0.1, 0.15) is 21.6 Å². The number of hydrogen-bond donors (Lipinski definition) is 2. The summed E-state index contributed by atoms with van der Waals surface area (Å²) in [6, 6.07) is 10.6. The van der Waals surface area contributed by atoms with Crippen LogP contribution in [0.2, 0.25) is 0 Å². The van der Waals surface area contributed by atoms with Gasteiger partial charge in [-0.3, -0.25) is 9.78 Å². The van der Waals surface area contributed by atoms with E-state index >= 15 is 0 Å². The van der Waals surface area contributed by atoms with Gasteiger partial charge in [-0.25, -0.2) is 4.79 Å². The first-order valence-corrected chi connectivity index (χ1v) is 7.81. The molecule has 2 rings (SSSR count). The van der Waals surface area contributed by atoms with Crippen LogP contribution in [0.3, 0.4) is 0 Å². The topological polar surface area (TPSA) is 83.6 Å². The molecule has 0 radical (unpaired) electrons. The lowest BCUT2D eigenvalue weighted by Gasteiger charge is -2.12. The van der Waals surface area contributed by atoms with Crippen LogP contribution in [0.25, 0.3) is 0 Å². The number of carbonyl (C=O) groups is 2. The highest BCUT2D eigenvalue weighted by Crippen LogP contribution is 2.12. The van der Waals surface area contributed by atoms with Crippen molar-refractivity contribution in [3.8, 4) is 5.75 Å². The van der Waals surface area contributed by atoms with E-state index in [0.29, 0.717) is 17.8 Å². The van der Waals surface area contributed by atoms with E-state index in [-0.39, 0.29) is 18.5 Å². The summed E-state index contributed by atoms with van der Waals surface area (Å²) in [5, 5.41) is 5.57. The van der Waals surface area contributed by atoms with Gasteiger partial charge in [-0.1, -0.05) is 12.1 Å². The van der Waals surface area contributed by atoms with Crippen LogP contribution in [-0.2, 0) is 13.1 Å². The third-order valence-corrected chi connectivity index (χ3v) is 3.49. The molecule has 0 aliphatic carbocycles. The Morgan fingerprint density at radius 1 is 1.12 bits per heavy atom.